The smallest absolute Gasteiger partial charge is 0.0650 e. The van der Waals surface area contributed by atoms with Crippen LogP contribution in [-0.4, -0.2) is 16.0 Å². The number of halogens is 1. The molecule has 0 amide bonds. The van der Waals surface area contributed by atoms with Gasteiger partial charge in [0.1, 0.15) is 0 Å². The molecule has 0 radical (unpaired) electrons. The molecule has 9 atom stereocenters. The molecule has 4 aliphatic rings. The van der Waals surface area contributed by atoms with Gasteiger partial charge in [-0.1, -0.05) is 50.0 Å². The van der Waals surface area contributed by atoms with E-state index in [0.717, 1.165) is 61.2 Å². The molecule has 0 bridgehead atoms. The summed E-state index contributed by atoms with van der Waals surface area (Å²) < 4.78 is 0. The lowest BCUT2D eigenvalue weighted by molar-refractivity contribution is -0.153. The highest BCUT2D eigenvalue weighted by Gasteiger charge is 2.61. The van der Waals surface area contributed by atoms with Crippen LogP contribution in [-0.2, 0) is 0 Å². The van der Waals surface area contributed by atoms with Gasteiger partial charge in [0.2, 0.25) is 0 Å². The molecular weight excluding hydrogens is 396 g/mol. The van der Waals surface area contributed by atoms with Gasteiger partial charge < -0.3 is 5.11 Å². The molecule has 0 saturated heterocycles. The van der Waals surface area contributed by atoms with Gasteiger partial charge in [-0.3, -0.25) is 0 Å². The van der Waals surface area contributed by atoms with E-state index in [4.69, 9.17) is 0 Å². The van der Waals surface area contributed by atoms with Crippen LogP contribution in [0.2, 0.25) is 0 Å². The Morgan fingerprint density at radius 1 is 0.963 bits per heavy atom. The zero-order valence-electron chi connectivity index (χ0n) is 18.3. The topological polar surface area (TPSA) is 20.2 Å². The third-order valence-electron chi connectivity index (χ3n) is 10.5. The molecule has 0 heterocycles. The van der Waals surface area contributed by atoms with Gasteiger partial charge in [-0.05, 0) is 111 Å². The summed E-state index contributed by atoms with van der Waals surface area (Å²) in [6.45, 7) is 10.0. The van der Waals surface area contributed by atoms with Crippen molar-refractivity contribution in [3.05, 3.63) is 0 Å². The van der Waals surface area contributed by atoms with Crippen molar-refractivity contribution in [1.29, 1.82) is 0 Å². The van der Waals surface area contributed by atoms with E-state index in [9.17, 15) is 5.11 Å². The lowest BCUT2D eigenvalue weighted by Gasteiger charge is -2.62. The number of alkyl halides is 1. The Morgan fingerprint density at radius 2 is 1.70 bits per heavy atom. The number of hydrogen-bond acceptors (Lipinski definition) is 1. The van der Waals surface area contributed by atoms with Crippen molar-refractivity contribution >= 4 is 15.9 Å². The molecule has 4 rings (SSSR count). The molecular formula is C25H43BrO. The van der Waals surface area contributed by atoms with E-state index in [1.165, 1.54) is 50.3 Å². The van der Waals surface area contributed by atoms with Crippen molar-refractivity contribution in [3.63, 3.8) is 0 Å². The average Bonchev–Trinajstić information content (AvgIpc) is 2.99. The van der Waals surface area contributed by atoms with Gasteiger partial charge in [0.15, 0.2) is 0 Å². The Labute approximate surface area is 176 Å². The van der Waals surface area contributed by atoms with Gasteiger partial charge in [-0.25, -0.2) is 0 Å². The lowest BCUT2D eigenvalue weighted by Crippen LogP contribution is -2.56. The van der Waals surface area contributed by atoms with Gasteiger partial charge >= 0.3 is 0 Å². The van der Waals surface area contributed by atoms with Crippen molar-refractivity contribution < 1.29 is 5.11 Å². The van der Waals surface area contributed by atoms with Gasteiger partial charge in [-0.2, -0.15) is 0 Å². The Hall–Kier alpha value is 0.440. The van der Waals surface area contributed by atoms with E-state index in [1.54, 1.807) is 0 Å². The van der Waals surface area contributed by atoms with Crippen LogP contribution >= 0.6 is 15.9 Å². The fraction of sp³-hybridized carbons (Fsp3) is 1.00. The molecule has 1 N–H and O–H groups in total. The molecule has 0 spiro atoms. The van der Waals surface area contributed by atoms with Gasteiger partial charge in [0, 0.05) is 5.33 Å². The second-order valence-electron chi connectivity index (χ2n) is 11.7. The zero-order chi connectivity index (χ0) is 19.4. The maximum atomic E-state index is 11.1. The van der Waals surface area contributed by atoms with E-state index >= 15 is 0 Å². The Balaban J connectivity index is 1.54. The predicted molar refractivity (Wildman–Crippen MR) is 118 cm³/mol. The predicted octanol–water partition coefficient (Wildman–Crippen LogP) is 7.21. The quantitative estimate of drug-likeness (QED) is 0.459. The number of hydrogen-bond donors (Lipinski definition) is 1. The van der Waals surface area contributed by atoms with Crippen LogP contribution in [0.3, 0.4) is 0 Å². The van der Waals surface area contributed by atoms with E-state index in [0.29, 0.717) is 10.8 Å². The summed E-state index contributed by atoms with van der Waals surface area (Å²) in [7, 11) is 0. The second-order valence-corrected chi connectivity index (χ2v) is 12.3. The second kappa shape index (κ2) is 7.29. The standard InChI is InChI=1S/C25H43BrO/c1-5-11-25(27)14-13-23(3)18(15-25)6-7-19-21-9-8-20(17(2)16-26)24(21,4)12-10-22(19)23/h17-22,27H,5-16H2,1-4H3/t17?,18-,19+,20-,21+,22+,23+,24-,25-/m1/s1. The molecule has 156 valence electrons. The summed E-state index contributed by atoms with van der Waals surface area (Å²) in [5.74, 6) is 5.38. The van der Waals surface area contributed by atoms with Crippen molar-refractivity contribution in [3.8, 4) is 0 Å². The summed E-state index contributed by atoms with van der Waals surface area (Å²) in [4.78, 5) is 0. The maximum absolute atomic E-state index is 11.1. The SMILES string of the molecule is CCC[C@@]1(O)CC[C@@]2(C)[C@H](CC[C@@H]3[C@@H]2CC[C@]2(C)[C@@H](C(C)CBr)CC[C@@H]32)C1. The molecule has 0 aromatic rings. The number of fused-ring (bicyclic) bond motifs is 5. The van der Waals surface area contributed by atoms with E-state index in [2.05, 4.69) is 43.6 Å². The molecule has 0 aromatic heterocycles. The molecule has 0 aromatic carbocycles. The fourth-order valence-electron chi connectivity index (χ4n) is 9.10. The normalized spacial score (nSPS) is 53.3. The van der Waals surface area contributed by atoms with Crippen LogP contribution in [0.4, 0.5) is 0 Å². The summed E-state index contributed by atoms with van der Waals surface area (Å²) in [6, 6.07) is 0. The third-order valence-corrected chi connectivity index (χ3v) is 11.6. The van der Waals surface area contributed by atoms with E-state index < -0.39 is 0 Å². The monoisotopic (exact) mass is 438 g/mol. The number of aliphatic hydroxyl groups is 1. The Kier molecular flexibility index (Phi) is 5.59. The largest absolute Gasteiger partial charge is 0.390 e. The van der Waals surface area contributed by atoms with Crippen molar-refractivity contribution in [1.82, 2.24) is 0 Å². The summed E-state index contributed by atoms with van der Waals surface area (Å²) in [6.07, 6.45) is 14.3. The molecule has 4 saturated carbocycles. The van der Waals surface area contributed by atoms with Crippen LogP contribution < -0.4 is 0 Å². The summed E-state index contributed by atoms with van der Waals surface area (Å²) >= 11 is 3.79. The molecule has 1 unspecified atom stereocenters. The van der Waals surface area contributed by atoms with E-state index in [1.807, 2.05) is 0 Å². The van der Waals surface area contributed by atoms with Crippen molar-refractivity contribution in [2.45, 2.75) is 104 Å². The van der Waals surface area contributed by atoms with Crippen LogP contribution in [0.5, 0.6) is 0 Å². The first kappa shape index (κ1) is 20.7. The Bertz CT molecular complexity index is 548. The van der Waals surface area contributed by atoms with Crippen LogP contribution in [0.25, 0.3) is 0 Å². The molecule has 2 heteroatoms. The van der Waals surface area contributed by atoms with Crippen LogP contribution in [0.1, 0.15) is 98.3 Å². The van der Waals surface area contributed by atoms with E-state index in [-0.39, 0.29) is 5.60 Å². The van der Waals surface area contributed by atoms with Gasteiger partial charge in [-0.15, -0.1) is 0 Å². The lowest BCUT2D eigenvalue weighted by atomic mass is 9.43. The van der Waals surface area contributed by atoms with Crippen LogP contribution in [0, 0.1) is 46.3 Å². The first-order chi connectivity index (χ1) is 12.8. The summed E-state index contributed by atoms with van der Waals surface area (Å²) in [5.41, 5.74) is 0.747. The molecule has 1 nitrogen and oxygen atoms in total. The maximum Gasteiger partial charge on any atom is 0.0650 e. The highest BCUT2D eigenvalue weighted by molar-refractivity contribution is 9.09. The third kappa shape index (κ3) is 3.18. The van der Waals surface area contributed by atoms with Gasteiger partial charge in [0.05, 0.1) is 5.60 Å². The highest BCUT2D eigenvalue weighted by Crippen LogP contribution is 2.68. The Morgan fingerprint density at radius 3 is 2.41 bits per heavy atom. The minimum atomic E-state index is -0.349. The minimum absolute atomic E-state index is 0.349. The fourth-order valence-corrected chi connectivity index (χ4v) is 9.55. The molecule has 27 heavy (non-hydrogen) atoms. The summed E-state index contributed by atoms with van der Waals surface area (Å²) in [5, 5.41) is 12.3. The van der Waals surface area contributed by atoms with Gasteiger partial charge in [0.25, 0.3) is 0 Å². The number of rotatable bonds is 4. The minimum Gasteiger partial charge on any atom is -0.390 e. The molecule has 4 fully saturated rings. The van der Waals surface area contributed by atoms with Crippen LogP contribution in [0.15, 0.2) is 0 Å². The van der Waals surface area contributed by atoms with Crippen molar-refractivity contribution in [2.24, 2.45) is 46.3 Å². The van der Waals surface area contributed by atoms with Crippen molar-refractivity contribution in [2.75, 3.05) is 5.33 Å². The molecule has 4 aliphatic carbocycles. The first-order valence-corrected chi connectivity index (χ1v) is 13.2. The average molecular weight is 440 g/mol. The first-order valence-electron chi connectivity index (χ1n) is 12.1. The molecule has 0 aliphatic heterocycles. The highest BCUT2D eigenvalue weighted by atomic mass is 79.9. The zero-order valence-corrected chi connectivity index (χ0v) is 19.9.